The van der Waals surface area contributed by atoms with Gasteiger partial charge in [0.05, 0.1) is 25.3 Å². The highest BCUT2D eigenvalue weighted by Gasteiger charge is 2.37. The van der Waals surface area contributed by atoms with E-state index in [1.54, 1.807) is 0 Å². The van der Waals surface area contributed by atoms with E-state index in [-0.39, 0.29) is 12.1 Å². The first-order valence-electron chi connectivity index (χ1n) is 9.15. The first-order valence-corrected chi connectivity index (χ1v) is 9.15. The van der Waals surface area contributed by atoms with E-state index >= 15 is 0 Å². The summed E-state index contributed by atoms with van der Waals surface area (Å²) in [6, 6.07) is 2.25. The van der Waals surface area contributed by atoms with Crippen LogP contribution in [0.5, 0.6) is 0 Å². The summed E-state index contributed by atoms with van der Waals surface area (Å²) in [6.07, 6.45) is 6.22. The molecule has 0 radical (unpaired) electrons. The molecule has 2 fully saturated rings. The number of pyridine rings is 1. The molecule has 24 heavy (non-hydrogen) atoms. The number of carbonyl (C=O) groups is 1. The molecule has 6 heteroatoms. The van der Waals surface area contributed by atoms with Crippen molar-refractivity contribution in [2.75, 3.05) is 43.1 Å². The van der Waals surface area contributed by atoms with E-state index in [1.807, 2.05) is 11.1 Å². The summed E-state index contributed by atoms with van der Waals surface area (Å²) in [5, 5.41) is 3.56. The topological polar surface area (TPSA) is 57.7 Å². The van der Waals surface area contributed by atoms with Crippen molar-refractivity contribution in [2.45, 2.75) is 44.7 Å². The summed E-state index contributed by atoms with van der Waals surface area (Å²) in [7, 11) is 0. The van der Waals surface area contributed by atoms with Gasteiger partial charge in [0.15, 0.2) is 5.82 Å². The molecule has 1 atom stereocenters. The van der Waals surface area contributed by atoms with E-state index in [4.69, 9.17) is 4.74 Å². The van der Waals surface area contributed by atoms with Crippen LogP contribution >= 0.6 is 0 Å². The Morgan fingerprint density at radius 2 is 2.25 bits per heavy atom. The number of hydrogen-bond acceptors (Lipinski definition) is 5. The second-order valence-corrected chi connectivity index (χ2v) is 6.97. The zero-order chi connectivity index (χ0) is 16.5. The molecule has 2 aliphatic heterocycles. The van der Waals surface area contributed by atoms with Crippen molar-refractivity contribution in [2.24, 2.45) is 0 Å². The van der Waals surface area contributed by atoms with Gasteiger partial charge in [-0.3, -0.25) is 4.79 Å². The van der Waals surface area contributed by atoms with Crippen LogP contribution in [-0.4, -0.2) is 54.8 Å². The number of anilines is 2. The molecule has 0 bridgehead atoms. The maximum Gasteiger partial charge on any atom is 0.225 e. The summed E-state index contributed by atoms with van der Waals surface area (Å²) >= 11 is 0. The Balaban J connectivity index is 1.35. The van der Waals surface area contributed by atoms with Crippen molar-refractivity contribution in [3.05, 3.63) is 17.8 Å². The number of carbonyl (C=O) groups excluding carboxylic acids is 1. The molecule has 3 heterocycles. The number of fused-ring (bicyclic) bond motifs is 3. The fourth-order valence-corrected chi connectivity index (χ4v) is 3.58. The monoisotopic (exact) mass is 330 g/mol. The van der Waals surface area contributed by atoms with Crippen LogP contribution in [0.15, 0.2) is 12.3 Å². The van der Waals surface area contributed by atoms with E-state index in [1.165, 1.54) is 18.4 Å². The second-order valence-electron chi connectivity index (χ2n) is 6.97. The van der Waals surface area contributed by atoms with Crippen LogP contribution in [0, 0.1) is 0 Å². The first-order chi connectivity index (χ1) is 11.8. The van der Waals surface area contributed by atoms with Crippen LogP contribution in [0.2, 0.25) is 0 Å². The Kier molecular flexibility index (Phi) is 4.31. The predicted octanol–water partition coefficient (Wildman–Crippen LogP) is 2.18. The number of amides is 1. The van der Waals surface area contributed by atoms with Crippen molar-refractivity contribution < 1.29 is 9.53 Å². The zero-order valence-electron chi connectivity index (χ0n) is 14.3. The minimum atomic E-state index is 0.149. The number of ether oxygens (including phenoxy) is 1. The summed E-state index contributed by atoms with van der Waals surface area (Å²) in [4.78, 5) is 21.3. The van der Waals surface area contributed by atoms with E-state index in [0.29, 0.717) is 25.5 Å². The summed E-state index contributed by atoms with van der Waals surface area (Å²) in [6.45, 7) is 5.64. The Morgan fingerprint density at radius 1 is 1.38 bits per heavy atom. The van der Waals surface area contributed by atoms with Gasteiger partial charge in [-0.1, -0.05) is 6.92 Å². The lowest BCUT2D eigenvalue weighted by molar-refractivity contribution is -0.133. The smallest absolute Gasteiger partial charge is 0.225 e. The third-order valence-corrected chi connectivity index (χ3v) is 5.07. The third-order valence-electron chi connectivity index (χ3n) is 5.07. The van der Waals surface area contributed by atoms with Crippen LogP contribution in [0.1, 0.15) is 44.1 Å². The molecule has 130 valence electrons. The highest BCUT2D eigenvalue weighted by molar-refractivity contribution is 5.78. The lowest BCUT2D eigenvalue weighted by Crippen LogP contribution is -2.55. The van der Waals surface area contributed by atoms with Crippen molar-refractivity contribution in [3.63, 3.8) is 0 Å². The number of aromatic nitrogens is 1. The van der Waals surface area contributed by atoms with Crippen LogP contribution < -0.4 is 10.2 Å². The molecule has 0 spiro atoms. The standard InChI is InChI=1S/C18H26N4O2/c1-2-8-24-9-5-17(23)21-6-7-22-16(12-21)20-15-10-14(13-3-4-13)11-19-18(15)22/h10-11,13,16,20H,2-9,12H2,1H3. The van der Waals surface area contributed by atoms with Gasteiger partial charge in [0.1, 0.15) is 6.17 Å². The van der Waals surface area contributed by atoms with E-state index in [9.17, 15) is 4.79 Å². The average Bonchev–Trinajstić information content (AvgIpc) is 3.38. The minimum absolute atomic E-state index is 0.149. The molecule has 4 rings (SSSR count). The fourth-order valence-electron chi connectivity index (χ4n) is 3.58. The number of nitrogens with one attached hydrogen (secondary N) is 1. The molecule has 1 unspecified atom stereocenters. The predicted molar refractivity (Wildman–Crippen MR) is 93.3 cm³/mol. The van der Waals surface area contributed by atoms with Gasteiger partial charge < -0.3 is 19.9 Å². The van der Waals surface area contributed by atoms with Gasteiger partial charge in [-0.25, -0.2) is 4.98 Å². The van der Waals surface area contributed by atoms with Crippen LogP contribution in [0.25, 0.3) is 0 Å². The first kappa shape index (κ1) is 15.7. The third kappa shape index (κ3) is 3.07. The van der Waals surface area contributed by atoms with E-state index < -0.39 is 0 Å². The summed E-state index contributed by atoms with van der Waals surface area (Å²) in [5.74, 6) is 1.95. The molecule has 6 nitrogen and oxygen atoms in total. The van der Waals surface area contributed by atoms with Gasteiger partial charge in [0.25, 0.3) is 0 Å². The van der Waals surface area contributed by atoms with Gasteiger partial charge in [0, 0.05) is 25.9 Å². The molecule has 1 aromatic rings. The van der Waals surface area contributed by atoms with Crippen LogP contribution in [-0.2, 0) is 9.53 Å². The van der Waals surface area contributed by atoms with Gasteiger partial charge in [0.2, 0.25) is 5.91 Å². The van der Waals surface area contributed by atoms with E-state index in [0.717, 1.165) is 37.6 Å². The van der Waals surface area contributed by atoms with Crippen LogP contribution in [0.3, 0.4) is 0 Å². The lowest BCUT2D eigenvalue weighted by atomic mass is 10.2. The van der Waals surface area contributed by atoms with Crippen molar-refractivity contribution in [1.29, 1.82) is 0 Å². The van der Waals surface area contributed by atoms with Crippen molar-refractivity contribution in [1.82, 2.24) is 9.88 Å². The SMILES string of the molecule is CCCOCCC(=O)N1CCN2c3ncc(C4CC4)cc3NC2C1. The maximum atomic E-state index is 12.4. The van der Waals surface area contributed by atoms with Crippen molar-refractivity contribution in [3.8, 4) is 0 Å². The summed E-state index contributed by atoms with van der Waals surface area (Å²) < 4.78 is 5.44. The summed E-state index contributed by atoms with van der Waals surface area (Å²) in [5.41, 5.74) is 2.48. The number of rotatable bonds is 6. The average molecular weight is 330 g/mol. The normalized spacial score (nSPS) is 22.1. The van der Waals surface area contributed by atoms with Gasteiger partial charge in [-0.05, 0) is 36.8 Å². The highest BCUT2D eigenvalue weighted by atomic mass is 16.5. The molecule has 1 N–H and O–H groups in total. The van der Waals surface area contributed by atoms with Gasteiger partial charge >= 0.3 is 0 Å². The number of hydrogen-bond donors (Lipinski definition) is 1. The number of nitrogens with zero attached hydrogens (tertiary/aromatic N) is 3. The maximum absolute atomic E-state index is 12.4. The van der Waals surface area contributed by atoms with Gasteiger partial charge in [-0.15, -0.1) is 0 Å². The zero-order valence-corrected chi connectivity index (χ0v) is 14.3. The van der Waals surface area contributed by atoms with Gasteiger partial charge in [-0.2, -0.15) is 0 Å². The molecular weight excluding hydrogens is 304 g/mol. The second kappa shape index (κ2) is 6.59. The molecule has 1 saturated carbocycles. The van der Waals surface area contributed by atoms with E-state index in [2.05, 4.69) is 28.2 Å². The number of piperazine rings is 1. The van der Waals surface area contributed by atoms with Crippen molar-refractivity contribution >= 4 is 17.4 Å². The fraction of sp³-hybridized carbons (Fsp3) is 0.667. The molecule has 3 aliphatic rings. The Labute approximate surface area is 143 Å². The molecule has 1 aliphatic carbocycles. The molecular formula is C18H26N4O2. The minimum Gasteiger partial charge on any atom is -0.381 e. The largest absolute Gasteiger partial charge is 0.381 e. The Bertz CT molecular complexity index is 617. The van der Waals surface area contributed by atoms with Crippen LogP contribution in [0.4, 0.5) is 11.5 Å². The quantitative estimate of drug-likeness (QED) is 0.810. The molecule has 1 saturated heterocycles. The molecule has 0 aromatic carbocycles. The Morgan fingerprint density at radius 3 is 3.04 bits per heavy atom. The lowest BCUT2D eigenvalue weighted by Gasteiger charge is -2.38. The highest BCUT2D eigenvalue weighted by Crippen LogP contribution is 2.43. The molecule has 1 aromatic heterocycles. The Hall–Kier alpha value is -1.82. The molecule has 1 amide bonds.